The molecule has 2 heterocycles. The van der Waals surface area contributed by atoms with Crippen LogP contribution in [-0.2, 0) is 0 Å². The van der Waals surface area contributed by atoms with Gasteiger partial charge >= 0.3 is 0 Å². The average molecular weight is 242 g/mol. The fourth-order valence-electron chi connectivity index (χ4n) is 4.79. The summed E-state index contributed by atoms with van der Waals surface area (Å²) in [5.41, 5.74) is 2.03. The third kappa shape index (κ3) is 1.27. The number of nitrogens with zero attached hydrogens (tertiary/aromatic N) is 2. The minimum absolute atomic E-state index is 0.647. The summed E-state index contributed by atoms with van der Waals surface area (Å²) in [6, 6.07) is 11.8. The molecule has 2 heteroatoms. The van der Waals surface area contributed by atoms with Crippen molar-refractivity contribution in [3.05, 3.63) is 30.3 Å². The van der Waals surface area contributed by atoms with Gasteiger partial charge in [-0.2, -0.15) is 0 Å². The Labute approximate surface area is 110 Å². The fraction of sp³-hybridized carbons (Fsp3) is 0.625. The molecule has 3 atom stereocenters. The van der Waals surface area contributed by atoms with E-state index in [-0.39, 0.29) is 0 Å². The maximum absolute atomic E-state index is 2.69. The quantitative estimate of drug-likeness (QED) is 0.785. The van der Waals surface area contributed by atoms with Gasteiger partial charge in [-0.15, -0.1) is 0 Å². The van der Waals surface area contributed by atoms with Crippen molar-refractivity contribution in [2.24, 2.45) is 11.3 Å². The van der Waals surface area contributed by atoms with Gasteiger partial charge in [0, 0.05) is 19.1 Å². The lowest BCUT2D eigenvalue weighted by Crippen LogP contribution is -2.40. The molecule has 1 aromatic rings. The molecule has 2 saturated heterocycles. The van der Waals surface area contributed by atoms with E-state index in [2.05, 4.69) is 47.3 Å². The Morgan fingerprint density at radius 1 is 1.22 bits per heavy atom. The van der Waals surface area contributed by atoms with Crippen LogP contribution in [0.15, 0.2) is 30.3 Å². The number of anilines is 1. The van der Waals surface area contributed by atoms with E-state index >= 15 is 0 Å². The Hall–Kier alpha value is -1.02. The van der Waals surface area contributed by atoms with Crippen molar-refractivity contribution >= 4 is 5.69 Å². The van der Waals surface area contributed by atoms with Gasteiger partial charge in [-0.1, -0.05) is 25.1 Å². The molecule has 0 amide bonds. The van der Waals surface area contributed by atoms with E-state index in [0.29, 0.717) is 5.41 Å². The van der Waals surface area contributed by atoms with Crippen LogP contribution in [0.1, 0.15) is 32.6 Å². The monoisotopic (exact) mass is 242 g/mol. The van der Waals surface area contributed by atoms with Gasteiger partial charge in [0.25, 0.3) is 0 Å². The molecule has 1 aliphatic carbocycles. The number of hydrazine groups is 1. The first kappa shape index (κ1) is 10.9. The lowest BCUT2D eigenvalue weighted by Gasteiger charge is -2.33. The predicted octanol–water partition coefficient (Wildman–Crippen LogP) is 3.30. The molecule has 0 bridgehead atoms. The average Bonchev–Trinajstić information content (AvgIpc) is 3.07. The van der Waals surface area contributed by atoms with Crippen molar-refractivity contribution in [3.8, 4) is 0 Å². The van der Waals surface area contributed by atoms with Crippen LogP contribution in [0.5, 0.6) is 0 Å². The summed E-state index contributed by atoms with van der Waals surface area (Å²) in [6.45, 7) is 4.91. The Kier molecular flexibility index (Phi) is 2.25. The van der Waals surface area contributed by atoms with Gasteiger partial charge in [-0.05, 0) is 49.1 Å². The smallest absolute Gasteiger partial charge is 0.0522 e. The molecule has 3 fully saturated rings. The fourth-order valence-corrected chi connectivity index (χ4v) is 4.79. The lowest BCUT2D eigenvalue weighted by atomic mass is 9.79. The normalized spacial score (nSPS) is 38.4. The van der Waals surface area contributed by atoms with Gasteiger partial charge < -0.3 is 5.01 Å². The molecule has 96 valence electrons. The first-order valence-electron chi connectivity index (χ1n) is 7.43. The Bertz CT molecular complexity index is 444. The number of benzene rings is 1. The number of hydrogen-bond donors (Lipinski definition) is 0. The third-order valence-electron chi connectivity index (χ3n) is 5.72. The summed E-state index contributed by atoms with van der Waals surface area (Å²) in [5, 5.41) is 5.25. The van der Waals surface area contributed by atoms with Crippen LogP contribution in [0.4, 0.5) is 5.69 Å². The highest BCUT2D eigenvalue weighted by Crippen LogP contribution is 2.57. The zero-order chi connectivity index (χ0) is 12.2. The van der Waals surface area contributed by atoms with E-state index in [9.17, 15) is 0 Å². The maximum Gasteiger partial charge on any atom is 0.0522 e. The molecule has 3 aliphatic rings. The van der Waals surface area contributed by atoms with Gasteiger partial charge in [0.1, 0.15) is 0 Å². The molecule has 0 aromatic heterocycles. The highest BCUT2D eigenvalue weighted by Gasteiger charge is 2.59. The standard InChI is InChI=1S/C16H22N2/c1-2-16-9-8-13-12-18(14-6-4-3-5-7-14)17(11-10-16)15(13)16/h3-7,13,15H,2,8-12H2,1H3/t13-,15+,16+/m1/s1. The predicted molar refractivity (Wildman–Crippen MR) is 74.3 cm³/mol. The number of hydrogen-bond acceptors (Lipinski definition) is 2. The zero-order valence-corrected chi connectivity index (χ0v) is 11.2. The molecule has 1 aromatic carbocycles. The van der Waals surface area contributed by atoms with Crippen molar-refractivity contribution < 1.29 is 0 Å². The topological polar surface area (TPSA) is 6.48 Å². The molecule has 0 radical (unpaired) electrons. The van der Waals surface area contributed by atoms with Gasteiger partial charge in [-0.25, -0.2) is 5.01 Å². The number of rotatable bonds is 2. The van der Waals surface area contributed by atoms with Crippen molar-refractivity contribution in [1.29, 1.82) is 0 Å². The van der Waals surface area contributed by atoms with Crippen molar-refractivity contribution in [1.82, 2.24) is 5.01 Å². The first-order chi connectivity index (χ1) is 8.84. The lowest BCUT2D eigenvalue weighted by molar-refractivity contribution is 0.193. The largest absolute Gasteiger partial charge is 0.305 e. The number of para-hydroxylation sites is 1. The van der Waals surface area contributed by atoms with E-state index in [4.69, 9.17) is 0 Å². The van der Waals surface area contributed by atoms with E-state index in [1.165, 1.54) is 44.5 Å². The van der Waals surface area contributed by atoms with Crippen molar-refractivity contribution in [2.45, 2.75) is 38.6 Å². The third-order valence-corrected chi connectivity index (χ3v) is 5.72. The van der Waals surface area contributed by atoms with Crippen LogP contribution >= 0.6 is 0 Å². The van der Waals surface area contributed by atoms with Crippen LogP contribution in [0.3, 0.4) is 0 Å². The molecule has 1 saturated carbocycles. The summed E-state index contributed by atoms with van der Waals surface area (Å²) < 4.78 is 0. The molecule has 0 N–H and O–H groups in total. The van der Waals surface area contributed by atoms with E-state index < -0.39 is 0 Å². The molecule has 0 unspecified atom stereocenters. The second-order valence-corrected chi connectivity index (χ2v) is 6.29. The zero-order valence-electron chi connectivity index (χ0n) is 11.2. The summed E-state index contributed by atoms with van der Waals surface area (Å²) >= 11 is 0. The van der Waals surface area contributed by atoms with Crippen molar-refractivity contribution in [3.63, 3.8) is 0 Å². The molecule has 2 aliphatic heterocycles. The van der Waals surface area contributed by atoms with E-state index in [1.54, 1.807) is 0 Å². The van der Waals surface area contributed by atoms with Gasteiger partial charge in [0.05, 0.1) is 5.69 Å². The second kappa shape index (κ2) is 3.74. The molecule has 2 nitrogen and oxygen atoms in total. The molecular formula is C16H22N2. The molecule has 0 spiro atoms. The first-order valence-corrected chi connectivity index (χ1v) is 7.43. The summed E-state index contributed by atoms with van der Waals surface area (Å²) in [6.07, 6.45) is 5.69. The van der Waals surface area contributed by atoms with Gasteiger partial charge in [-0.3, -0.25) is 0 Å². The Morgan fingerprint density at radius 3 is 2.83 bits per heavy atom. The molecule has 4 rings (SSSR count). The minimum atomic E-state index is 0.647. The van der Waals surface area contributed by atoms with Gasteiger partial charge in [0.2, 0.25) is 0 Å². The van der Waals surface area contributed by atoms with Crippen LogP contribution in [0, 0.1) is 11.3 Å². The highest BCUT2D eigenvalue weighted by atomic mass is 15.7. The van der Waals surface area contributed by atoms with Crippen LogP contribution in [0.25, 0.3) is 0 Å². The van der Waals surface area contributed by atoms with E-state index in [0.717, 1.165) is 12.0 Å². The van der Waals surface area contributed by atoms with Crippen molar-refractivity contribution in [2.75, 3.05) is 18.1 Å². The SMILES string of the molecule is CC[C@]12CC[C@@H]3CN(c4ccccc4)N(CC1)[C@@H]32. The highest BCUT2D eigenvalue weighted by molar-refractivity contribution is 5.47. The molecule has 18 heavy (non-hydrogen) atoms. The summed E-state index contributed by atoms with van der Waals surface area (Å²) in [5.74, 6) is 0.910. The van der Waals surface area contributed by atoms with Crippen LogP contribution < -0.4 is 5.01 Å². The maximum atomic E-state index is 2.69. The summed E-state index contributed by atoms with van der Waals surface area (Å²) in [7, 11) is 0. The summed E-state index contributed by atoms with van der Waals surface area (Å²) in [4.78, 5) is 0. The minimum Gasteiger partial charge on any atom is -0.305 e. The second-order valence-electron chi connectivity index (χ2n) is 6.29. The van der Waals surface area contributed by atoms with Gasteiger partial charge in [0.15, 0.2) is 0 Å². The molecular weight excluding hydrogens is 220 g/mol. The Balaban J connectivity index is 1.68. The van der Waals surface area contributed by atoms with E-state index in [1.807, 2.05) is 0 Å². The Morgan fingerprint density at radius 2 is 2.06 bits per heavy atom. The van der Waals surface area contributed by atoms with Crippen LogP contribution in [0.2, 0.25) is 0 Å². The van der Waals surface area contributed by atoms with Crippen LogP contribution in [-0.4, -0.2) is 24.1 Å².